The van der Waals surface area contributed by atoms with E-state index in [9.17, 15) is 9.18 Å². The van der Waals surface area contributed by atoms with Crippen molar-refractivity contribution in [1.82, 2.24) is 0 Å². The van der Waals surface area contributed by atoms with Crippen molar-refractivity contribution in [2.75, 3.05) is 7.11 Å². The zero-order valence-corrected chi connectivity index (χ0v) is 9.33. The van der Waals surface area contributed by atoms with Crippen molar-refractivity contribution in [1.29, 1.82) is 0 Å². The zero-order chi connectivity index (χ0) is 11.5. The fourth-order valence-corrected chi connectivity index (χ4v) is 1.78. The molecule has 0 amide bonds. The number of carbonyl (C=O) groups is 1. The van der Waals surface area contributed by atoms with Gasteiger partial charge in [-0.15, -0.1) is 0 Å². The molecule has 3 heteroatoms. The SMILES string of the molecule is COc1cccc(CC(=O)CC2CC2)c1F. The largest absolute Gasteiger partial charge is 0.494 e. The van der Waals surface area contributed by atoms with Gasteiger partial charge in [-0.25, -0.2) is 4.39 Å². The van der Waals surface area contributed by atoms with Crippen LogP contribution in [0.25, 0.3) is 0 Å². The topological polar surface area (TPSA) is 26.3 Å². The molecule has 1 aromatic carbocycles. The first-order valence-corrected chi connectivity index (χ1v) is 5.53. The van der Waals surface area contributed by atoms with Crippen molar-refractivity contribution in [2.24, 2.45) is 5.92 Å². The van der Waals surface area contributed by atoms with Gasteiger partial charge in [0.1, 0.15) is 5.78 Å². The van der Waals surface area contributed by atoms with Gasteiger partial charge in [0.15, 0.2) is 11.6 Å². The maximum Gasteiger partial charge on any atom is 0.168 e. The average molecular weight is 222 g/mol. The second kappa shape index (κ2) is 4.64. The van der Waals surface area contributed by atoms with E-state index in [1.165, 1.54) is 7.11 Å². The van der Waals surface area contributed by atoms with Crippen LogP contribution in [0.5, 0.6) is 5.75 Å². The summed E-state index contributed by atoms with van der Waals surface area (Å²) in [6.07, 6.45) is 3.06. The van der Waals surface area contributed by atoms with Crippen molar-refractivity contribution < 1.29 is 13.9 Å². The number of methoxy groups -OCH3 is 1. The van der Waals surface area contributed by atoms with E-state index in [2.05, 4.69) is 0 Å². The van der Waals surface area contributed by atoms with Crippen molar-refractivity contribution in [3.63, 3.8) is 0 Å². The maximum absolute atomic E-state index is 13.7. The summed E-state index contributed by atoms with van der Waals surface area (Å²) in [5.41, 5.74) is 0.435. The highest BCUT2D eigenvalue weighted by atomic mass is 19.1. The summed E-state index contributed by atoms with van der Waals surface area (Å²) in [5.74, 6) is 0.474. The molecule has 0 N–H and O–H groups in total. The summed E-state index contributed by atoms with van der Waals surface area (Å²) < 4.78 is 18.6. The summed E-state index contributed by atoms with van der Waals surface area (Å²) >= 11 is 0. The number of carbonyl (C=O) groups excluding carboxylic acids is 1. The van der Waals surface area contributed by atoms with Gasteiger partial charge in [0.25, 0.3) is 0 Å². The molecule has 0 radical (unpaired) electrons. The minimum absolute atomic E-state index is 0.120. The lowest BCUT2D eigenvalue weighted by atomic mass is 10.0. The molecular formula is C13H15FO2. The number of hydrogen-bond acceptors (Lipinski definition) is 2. The first-order chi connectivity index (χ1) is 7.70. The van der Waals surface area contributed by atoms with Gasteiger partial charge in [-0.05, 0) is 30.4 Å². The number of Topliss-reactive ketones (excluding diaryl/α,β-unsaturated/α-hetero) is 1. The maximum atomic E-state index is 13.7. The normalized spacial score (nSPS) is 14.9. The highest BCUT2D eigenvalue weighted by Gasteiger charge is 2.24. The molecule has 0 saturated heterocycles. The molecule has 1 aromatic rings. The summed E-state index contributed by atoms with van der Waals surface area (Å²) in [6.45, 7) is 0. The van der Waals surface area contributed by atoms with Gasteiger partial charge in [-0.1, -0.05) is 12.1 Å². The first kappa shape index (κ1) is 11.1. The van der Waals surface area contributed by atoms with Crippen LogP contribution >= 0.6 is 0 Å². The Bertz CT molecular complexity index is 397. The van der Waals surface area contributed by atoms with E-state index in [4.69, 9.17) is 4.74 Å². The smallest absolute Gasteiger partial charge is 0.168 e. The van der Waals surface area contributed by atoms with Crippen LogP contribution in [0, 0.1) is 11.7 Å². The number of ketones is 1. The van der Waals surface area contributed by atoms with Crippen molar-refractivity contribution in [3.8, 4) is 5.75 Å². The third-order valence-electron chi connectivity index (χ3n) is 2.86. The van der Waals surface area contributed by atoms with Gasteiger partial charge >= 0.3 is 0 Å². The summed E-state index contributed by atoms with van der Waals surface area (Å²) in [4.78, 5) is 11.6. The van der Waals surface area contributed by atoms with E-state index in [1.807, 2.05) is 0 Å². The second-order valence-electron chi connectivity index (χ2n) is 4.30. The van der Waals surface area contributed by atoms with E-state index in [-0.39, 0.29) is 18.0 Å². The van der Waals surface area contributed by atoms with Crippen LogP contribution in [0.15, 0.2) is 18.2 Å². The van der Waals surface area contributed by atoms with Gasteiger partial charge < -0.3 is 4.74 Å². The third kappa shape index (κ3) is 2.60. The Balaban J connectivity index is 2.04. The Labute approximate surface area is 94.4 Å². The zero-order valence-electron chi connectivity index (χ0n) is 9.33. The van der Waals surface area contributed by atoms with Gasteiger partial charge in [0.2, 0.25) is 0 Å². The standard InChI is InChI=1S/C13H15FO2/c1-16-12-4-2-3-10(13(12)14)8-11(15)7-9-5-6-9/h2-4,9H,5-8H2,1H3. The monoisotopic (exact) mass is 222 g/mol. The molecule has 1 saturated carbocycles. The van der Waals surface area contributed by atoms with Crippen LogP contribution in [0.4, 0.5) is 4.39 Å². The Morgan fingerprint density at radius 3 is 2.88 bits per heavy atom. The van der Waals surface area contributed by atoms with Gasteiger partial charge in [-0.3, -0.25) is 4.79 Å². The quantitative estimate of drug-likeness (QED) is 0.765. The lowest BCUT2D eigenvalue weighted by Gasteiger charge is -2.06. The summed E-state index contributed by atoms with van der Waals surface area (Å²) in [7, 11) is 1.42. The predicted molar refractivity (Wildman–Crippen MR) is 59.0 cm³/mol. The Morgan fingerprint density at radius 2 is 2.25 bits per heavy atom. The van der Waals surface area contributed by atoms with Crippen LogP contribution < -0.4 is 4.74 Å². The molecule has 0 atom stereocenters. The lowest BCUT2D eigenvalue weighted by molar-refractivity contribution is -0.118. The molecule has 0 heterocycles. The lowest BCUT2D eigenvalue weighted by Crippen LogP contribution is -2.06. The van der Waals surface area contributed by atoms with Gasteiger partial charge in [0, 0.05) is 12.8 Å². The van der Waals surface area contributed by atoms with Crippen LogP contribution in [0.3, 0.4) is 0 Å². The Morgan fingerprint density at radius 1 is 1.50 bits per heavy atom. The molecular weight excluding hydrogens is 207 g/mol. The summed E-state index contributed by atoms with van der Waals surface area (Å²) in [5, 5.41) is 0. The molecule has 1 fully saturated rings. The van der Waals surface area contributed by atoms with E-state index < -0.39 is 5.82 Å². The van der Waals surface area contributed by atoms with E-state index in [0.29, 0.717) is 17.9 Å². The molecule has 16 heavy (non-hydrogen) atoms. The fraction of sp³-hybridized carbons (Fsp3) is 0.462. The molecule has 0 spiro atoms. The van der Waals surface area contributed by atoms with E-state index >= 15 is 0 Å². The van der Waals surface area contributed by atoms with Crippen molar-refractivity contribution in [3.05, 3.63) is 29.6 Å². The van der Waals surface area contributed by atoms with Gasteiger partial charge in [0.05, 0.1) is 7.11 Å². The number of ether oxygens (including phenoxy) is 1. The second-order valence-corrected chi connectivity index (χ2v) is 4.30. The molecule has 0 bridgehead atoms. The molecule has 0 aromatic heterocycles. The van der Waals surface area contributed by atoms with Crippen molar-refractivity contribution in [2.45, 2.75) is 25.7 Å². The summed E-state index contributed by atoms with van der Waals surface area (Å²) in [6, 6.07) is 4.91. The minimum Gasteiger partial charge on any atom is -0.494 e. The molecule has 0 aliphatic heterocycles. The highest BCUT2D eigenvalue weighted by Crippen LogP contribution is 2.33. The molecule has 86 valence electrons. The molecule has 1 aliphatic carbocycles. The molecule has 0 unspecified atom stereocenters. The van der Waals surface area contributed by atoms with Crippen LogP contribution in [0.2, 0.25) is 0 Å². The van der Waals surface area contributed by atoms with Crippen LogP contribution in [-0.2, 0) is 11.2 Å². The predicted octanol–water partition coefficient (Wildman–Crippen LogP) is 2.75. The Kier molecular flexibility index (Phi) is 3.22. The van der Waals surface area contributed by atoms with Crippen LogP contribution in [0.1, 0.15) is 24.8 Å². The Hall–Kier alpha value is -1.38. The minimum atomic E-state index is -0.408. The molecule has 1 aliphatic rings. The number of hydrogen-bond donors (Lipinski definition) is 0. The first-order valence-electron chi connectivity index (χ1n) is 5.53. The van der Waals surface area contributed by atoms with Gasteiger partial charge in [-0.2, -0.15) is 0 Å². The molecule has 2 rings (SSSR count). The molecule has 2 nitrogen and oxygen atoms in total. The number of rotatable bonds is 5. The average Bonchev–Trinajstić information content (AvgIpc) is 3.05. The van der Waals surface area contributed by atoms with Crippen molar-refractivity contribution >= 4 is 5.78 Å². The fourth-order valence-electron chi connectivity index (χ4n) is 1.78. The van der Waals surface area contributed by atoms with Crippen LogP contribution in [-0.4, -0.2) is 12.9 Å². The third-order valence-corrected chi connectivity index (χ3v) is 2.86. The number of halogens is 1. The highest BCUT2D eigenvalue weighted by molar-refractivity contribution is 5.81. The van der Waals surface area contributed by atoms with E-state index in [1.54, 1.807) is 18.2 Å². The number of benzene rings is 1. The van der Waals surface area contributed by atoms with E-state index in [0.717, 1.165) is 12.8 Å².